The van der Waals surface area contributed by atoms with Crippen LogP contribution in [0.1, 0.15) is 15.9 Å². The van der Waals surface area contributed by atoms with Crippen molar-refractivity contribution in [1.29, 1.82) is 0 Å². The molecule has 0 fully saturated rings. The van der Waals surface area contributed by atoms with E-state index < -0.39 is 23.4 Å². The second-order valence-corrected chi connectivity index (χ2v) is 3.95. The molecule has 2 aromatic carbocycles. The SMILES string of the molecule is O=C(O)c1cc(F)ccc1COc1cccc(F)c1F. The lowest BCUT2D eigenvalue weighted by Crippen LogP contribution is -2.07. The lowest BCUT2D eigenvalue weighted by Gasteiger charge is -2.09. The Bertz CT molecular complexity index is 656. The van der Waals surface area contributed by atoms with Crippen LogP contribution in [0.5, 0.6) is 5.75 Å². The van der Waals surface area contributed by atoms with Crippen molar-refractivity contribution in [3.8, 4) is 5.75 Å². The minimum atomic E-state index is -1.33. The van der Waals surface area contributed by atoms with E-state index in [4.69, 9.17) is 9.84 Å². The Hall–Kier alpha value is -2.50. The van der Waals surface area contributed by atoms with Crippen molar-refractivity contribution in [1.82, 2.24) is 0 Å². The van der Waals surface area contributed by atoms with Crippen molar-refractivity contribution in [2.24, 2.45) is 0 Å². The largest absolute Gasteiger partial charge is 0.486 e. The fourth-order valence-corrected chi connectivity index (χ4v) is 1.62. The highest BCUT2D eigenvalue weighted by Crippen LogP contribution is 2.21. The average Bonchev–Trinajstić information content (AvgIpc) is 2.41. The third kappa shape index (κ3) is 2.90. The minimum absolute atomic E-state index is 0.155. The Labute approximate surface area is 112 Å². The molecule has 2 aromatic rings. The molecule has 104 valence electrons. The Morgan fingerprint density at radius 2 is 1.90 bits per heavy atom. The Morgan fingerprint density at radius 3 is 2.60 bits per heavy atom. The van der Waals surface area contributed by atoms with Crippen molar-refractivity contribution in [3.05, 3.63) is 65.0 Å². The maximum atomic E-state index is 13.4. The molecule has 0 aliphatic heterocycles. The van der Waals surface area contributed by atoms with Gasteiger partial charge in [-0.25, -0.2) is 13.6 Å². The van der Waals surface area contributed by atoms with Crippen LogP contribution in [0.25, 0.3) is 0 Å². The van der Waals surface area contributed by atoms with Gasteiger partial charge in [0, 0.05) is 5.56 Å². The first-order valence-corrected chi connectivity index (χ1v) is 5.57. The van der Waals surface area contributed by atoms with E-state index in [0.717, 1.165) is 18.2 Å². The van der Waals surface area contributed by atoms with Gasteiger partial charge in [-0.15, -0.1) is 0 Å². The van der Waals surface area contributed by atoms with E-state index in [9.17, 15) is 18.0 Å². The standard InChI is InChI=1S/C14H9F3O3/c15-9-5-4-8(10(6-9)14(18)19)7-20-12-3-1-2-11(16)13(12)17/h1-6H,7H2,(H,18,19). The number of ether oxygens (including phenoxy) is 1. The van der Waals surface area contributed by atoms with Crippen molar-refractivity contribution in [2.45, 2.75) is 6.61 Å². The van der Waals surface area contributed by atoms with Gasteiger partial charge in [0.05, 0.1) is 5.56 Å². The molecule has 0 saturated heterocycles. The zero-order valence-electron chi connectivity index (χ0n) is 10.1. The van der Waals surface area contributed by atoms with E-state index in [0.29, 0.717) is 0 Å². The molecule has 2 rings (SSSR count). The predicted molar refractivity (Wildman–Crippen MR) is 64.0 cm³/mol. The van der Waals surface area contributed by atoms with E-state index in [2.05, 4.69) is 0 Å². The van der Waals surface area contributed by atoms with Crippen LogP contribution >= 0.6 is 0 Å². The number of aromatic carboxylic acids is 1. The number of hydrogen-bond donors (Lipinski definition) is 1. The van der Waals surface area contributed by atoms with Gasteiger partial charge in [-0.2, -0.15) is 4.39 Å². The maximum Gasteiger partial charge on any atom is 0.336 e. The predicted octanol–water partition coefficient (Wildman–Crippen LogP) is 3.38. The molecule has 0 bridgehead atoms. The van der Waals surface area contributed by atoms with E-state index in [1.807, 2.05) is 0 Å². The molecule has 0 aromatic heterocycles. The van der Waals surface area contributed by atoms with Gasteiger partial charge in [-0.3, -0.25) is 0 Å². The molecule has 0 amide bonds. The molecule has 0 aliphatic rings. The van der Waals surface area contributed by atoms with E-state index in [-0.39, 0.29) is 23.5 Å². The van der Waals surface area contributed by atoms with Gasteiger partial charge in [0.1, 0.15) is 12.4 Å². The average molecular weight is 282 g/mol. The highest BCUT2D eigenvalue weighted by Gasteiger charge is 2.14. The van der Waals surface area contributed by atoms with Crippen molar-refractivity contribution >= 4 is 5.97 Å². The van der Waals surface area contributed by atoms with Gasteiger partial charge in [0.2, 0.25) is 5.82 Å². The number of carbonyl (C=O) groups is 1. The van der Waals surface area contributed by atoms with Crippen LogP contribution in [0.3, 0.4) is 0 Å². The lowest BCUT2D eigenvalue weighted by atomic mass is 10.1. The Morgan fingerprint density at radius 1 is 1.15 bits per heavy atom. The lowest BCUT2D eigenvalue weighted by molar-refractivity contribution is 0.0693. The van der Waals surface area contributed by atoms with E-state index in [1.54, 1.807) is 0 Å². The summed E-state index contributed by atoms with van der Waals surface area (Å²) in [6, 6.07) is 6.52. The van der Waals surface area contributed by atoms with Crippen LogP contribution in [0, 0.1) is 17.5 Å². The number of hydrogen-bond acceptors (Lipinski definition) is 2. The monoisotopic (exact) mass is 282 g/mol. The van der Waals surface area contributed by atoms with Gasteiger partial charge < -0.3 is 9.84 Å². The fraction of sp³-hybridized carbons (Fsp3) is 0.0714. The molecule has 0 radical (unpaired) electrons. The molecule has 0 heterocycles. The number of carboxylic acid groups (broad SMARTS) is 1. The first-order chi connectivity index (χ1) is 9.49. The minimum Gasteiger partial charge on any atom is -0.486 e. The summed E-state index contributed by atoms with van der Waals surface area (Å²) < 4.78 is 44.3. The van der Waals surface area contributed by atoms with Gasteiger partial charge in [0.25, 0.3) is 0 Å². The summed E-state index contributed by atoms with van der Waals surface area (Å²) in [5.41, 5.74) is -0.135. The number of carboxylic acids is 1. The van der Waals surface area contributed by atoms with Gasteiger partial charge in [0.15, 0.2) is 11.6 Å². The maximum absolute atomic E-state index is 13.4. The second-order valence-electron chi connectivity index (χ2n) is 3.95. The summed E-state index contributed by atoms with van der Waals surface area (Å²) >= 11 is 0. The molecule has 6 heteroatoms. The van der Waals surface area contributed by atoms with Crippen LogP contribution < -0.4 is 4.74 Å². The second kappa shape index (κ2) is 5.64. The summed E-state index contributed by atoms with van der Waals surface area (Å²) in [5.74, 6) is -4.61. The van der Waals surface area contributed by atoms with Crippen LogP contribution in [0.4, 0.5) is 13.2 Å². The molecule has 20 heavy (non-hydrogen) atoms. The van der Waals surface area contributed by atoms with Crippen molar-refractivity contribution in [2.75, 3.05) is 0 Å². The highest BCUT2D eigenvalue weighted by atomic mass is 19.2. The zero-order valence-corrected chi connectivity index (χ0v) is 10.1. The zero-order chi connectivity index (χ0) is 14.7. The van der Waals surface area contributed by atoms with E-state index in [1.165, 1.54) is 18.2 Å². The van der Waals surface area contributed by atoms with Gasteiger partial charge >= 0.3 is 5.97 Å². The van der Waals surface area contributed by atoms with Crippen LogP contribution in [-0.4, -0.2) is 11.1 Å². The van der Waals surface area contributed by atoms with Crippen LogP contribution in [0.15, 0.2) is 36.4 Å². The Kier molecular flexibility index (Phi) is 3.93. The number of halogens is 3. The molecular weight excluding hydrogens is 273 g/mol. The third-order valence-electron chi connectivity index (χ3n) is 2.60. The van der Waals surface area contributed by atoms with Crippen molar-refractivity contribution < 1.29 is 27.8 Å². The van der Waals surface area contributed by atoms with Crippen LogP contribution in [0.2, 0.25) is 0 Å². The molecule has 0 unspecified atom stereocenters. The fourth-order valence-electron chi connectivity index (χ4n) is 1.62. The highest BCUT2D eigenvalue weighted by molar-refractivity contribution is 5.89. The first-order valence-electron chi connectivity index (χ1n) is 5.57. The normalized spacial score (nSPS) is 10.3. The first kappa shape index (κ1) is 13.9. The van der Waals surface area contributed by atoms with Gasteiger partial charge in [-0.05, 0) is 24.3 Å². The van der Waals surface area contributed by atoms with Crippen molar-refractivity contribution in [3.63, 3.8) is 0 Å². The topological polar surface area (TPSA) is 46.5 Å². The van der Waals surface area contributed by atoms with Crippen LogP contribution in [-0.2, 0) is 6.61 Å². The number of rotatable bonds is 4. The smallest absolute Gasteiger partial charge is 0.336 e. The molecule has 1 N–H and O–H groups in total. The summed E-state index contributed by atoms with van der Waals surface area (Å²) in [6.07, 6.45) is 0. The number of benzene rings is 2. The summed E-state index contributed by atoms with van der Waals surface area (Å²) in [6.45, 7) is -0.317. The quantitative estimate of drug-likeness (QED) is 0.935. The summed E-state index contributed by atoms with van der Waals surface area (Å²) in [5, 5.41) is 8.93. The molecular formula is C14H9F3O3. The summed E-state index contributed by atoms with van der Waals surface area (Å²) in [7, 11) is 0. The Balaban J connectivity index is 2.23. The molecule has 0 spiro atoms. The molecule has 3 nitrogen and oxygen atoms in total. The molecule has 0 atom stereocenters. The molecule has 0 aliphatic carbocycles. The third-order valence-corrected chi connectivity index (χ3v) is 2.60. The summed E-state index contributed by atoms with van der Waals surface area (Å²) in [4.78, 5) is 11.0. The molecule has 0 saturated carbocycles. The van der Waals surface area contributed by atoms with E-state index >= 15 is 0 Å². The van der Waals surface area contributed by atoms with Gasteiger partial charge in [-0.1, -0.05) is 12.1 Å².